The highest BCUT2D eigenvalue weighted by Gasteiger charge is 2.19. The van der Waals surface area contributed by atoms with E-state index in [0.29, 0.717) is 27.7 Å². The van der Waals surface area contributed by atoms with Crippen LogP contribution in [-0.2, 0) is 0 Å². The molecule has 1 fully saturated rings. The summed E-state index contributed by atoms with van der Waals surface area (Å²) in [5.74, 6) is 0.955. The van der Waals surface area contributed by atoms with Crippen LogP contribution in [0.2, 0.25) is 10.0 Å². The lowest BCUT2D eigenvalue weighted by molar-refractivity contribution is 0.444. The molecular formula is C9H11Cl2N3. The summed E-state index contributed by atoms with van der Waals surface area (Å²) in [6.45, 7) is 0. The maximum absolute atomic E-state index is 5.96. The normalized spacial score (nSPS) is 16.4. The van der Waals surface area contributed by atoms with Gasteiger partial charge in [0.25, 0.3) is 0 Å². The third-order valence-electron chi connectivity index (χ3n) is 2.40. The van der Waals surface area contributed by atoms with E-state index < -0.39 is 0 Å². The molecule has 0 amide bonds. The van der Waals surface area contributed by atoms with Gasteiger partial charge in [0.05, 0.1) is 10.0 Å². The van der Waals surface area contributed by atoms with Gasteiger partial charge >= 0.3 is 0 Å². The number of nitrogens with one attached hydrogen (secondary N) is 1. The summed E-state index contributed by atoms with van der Waals surface area (Å²) in [5.41, 5.74) is 5.58. The van der Waals surface area contributed by atoms with E-state index in [1.54, 1.807) is 6.07 Å². The molecule has 5 heteroatoms. The van der Waals surface area contributed by atoms with Gasteiger partial charge in [0.2, 0.25) is 0 Å². The fourth-order valence-electron chi connectivity index (χ4n) is 1.33. The number of aromatic nitrogens is 1. The number of hydrogen-bond acceptors (Lipinski definition) is 3. The minimum atomic E-state index is 0.317. The highest BCUT2D eigenvalue weighted by molar-refractivity contribution is 6.37. The Bertz CT molecular complexity index is 350. The molecule has 1 aromatic rings. The monoisotopic (exact) mass is 231 g/mol. The molecule has 0 unspecified atom stereocenters. The molecule has 76 valence electrons. The van der Waals surface area contributed by atoms with Gasteiger partial charge in [0.15, 0.2) is 0 Å². The van der Waals surface area contributed by atoms with Crippen molar-refractivity contribution in [1.82, 2.24) is 4.98 Å². The minimum Gasteiger partial charge on any atom is -0.382 e. The molecule has 0 bridgehead atoms. The van der Waals surface area contributed by atoms with E-state index in [4.69, 9.17) is 28.9 Å². The molecule has 0 aromatic carbocycles. The molecule has 0 aliphatic heterocycles. The van der Waals surface area contributed by atoms with E-state index in [9.17, 15) is 0 Å². The molecule has 1 heterocycles. The van der Waals surface area contributed by atoms with Crippen LogP contribution in [0.3, 0.4) is 0 Å². The van der Waals surface area contributed by atoms with Crippen LogP contribution in [0.15, 0.2) is 6.07 Å². The van der Waals surface area contributed by atoms with Crippen molar-refractivity contribution in [2.45, 2.75) is 25.3 Å². The molecule has 0 saturated heterocycles. The second-order valence-electron chi connectivity index (χ2n) is 3.46. The molecule has 2 rings (SSSR count). The topological polar surface area (TPSA) is 50.9 Å². The second kappa shape index (κ2) is 3.83. The van der Waals surface area contributed by atoms with E-state index >= 15 is 0 Å². The fourth-order valence-corrected chi connectivity index (χ4v) is 1.74. The zero-order valence-corrected chi connectivity index (χ0v) is 9.07. The van der Waals surface area contributed by atoms with Crippen LogP contribution in [0.25, 0.3) is 0 Å². The quantitative estimate of drug-likeness (QED) is 0.824. The van der Waals surface area contributed by atoms with Crippen LogP contribution in [-0.4, -0.2) is 11.0 Å². The maximum atomic E-state index is 5.96. The standard InChI is InChI=1S/C9H11Cl2N3/c10-6-4-7(11)9(14-8(6)12)13-5-2-1-3-5/h4-5H,1-3H2,(H3,12,13,14). The number of rotatable bonds is 2. The number of nitrogens with two attached hydrogens (primary N) is 1. The zero-order chi connectivity index (χ0) is 10.1. The first-order valence-electron chi connectivity index (χ1n) is 4.55. The van der Waals surface area contributed by atoms with Gasteiger partial charge in [-0.15, -0.1) is 0 Å². The lowest BCUT2D eigenvalue weighted by Gasteiger charge is -2.27. The van der Waals surface area contributed by atoms with Crippen molar-refractivity contribution in [2.24, 2.45) is 0 Å². The fraction of sp³-hybridized carbons (Fsp3) is 0.444. The molecule has 0 radical (unpaired) electrons. The van der Waals surface area contributed by atoms with Crippen molar-refractivity contribution >= 4 is 34.8 Å². The molecular weight excluding hydrogens is 221 g/mol. The molecule has 0 atom stereocenters. The van der Waals surface area contributed by atoms with E-state index in [-0.39, 0.29) is 0 Å². The summed E-state index contributed by atoms with van der Waals surface area (Å²) in [5, 5.41) is 4.15. The minimum absolute atomic E-state index is 0.317. The predicted octanol–water partition coefficient (Wildman–Crippen LogP) is 2.94. The number of nitrogen functional groups attached to an aromatic ring is 1. The first-order valence-corrected chi connectivity index (χ1v) is 5.30. The van der Waals surface area contributed by atoms with Gasteiger partial charge in [-0.25, -0.2) is 4.98 Å². The molecule has 3 N–H and O–H groups in total. The maximum Gasteiger partial charge on any atom is 0.147 e. The molecule has 14 heavy (non-hydrogen) atoms. The van der Waals surface area contributed by atoms with Crippen molar-refractivity contribution in [3.05, 3.63) is 16.1 Å². The number of hydrogen-bond donors (Lipinski definition) is 2. The van der Waals surface area contributed by atoms with Gasteiger partial charge in [0.1, 0.15) is 11.6 Å². The molecule has 1 aromatic heterocycles. The van der Waals surface area contributed by atoms with Gasteiger partial charge in [0, 0.05) is 6.04 Å². The molecule has 1 aliphatic carbocycles. The average Bonchev–Trinajstić information content (AvgIpc) is 2.06. The summed E-state index contributed by atoms with van der Waals surface area (Å²) in [6, 6.07) is 2.10. The summed E-state index contributed by atoms with van der Waals surface area (Å²) in [7, 11) is 0. The van der Waals surface area contributed by atoms with Crippen molar-refractivity contribution in [3.8, 4) is 0 Å². The van der Waals surface area contributed by atoms with E-state index in [0.717, 1.165) is 0 Å². The van der Waals surface area contributed by atoms with Gasteiger partial charge in [-0.1, -0.05) is 23.2 Å². The molecule has 3 nitrogen and oxygen atoms in total. The number of pyridine rings is 1. The third-order valence-corrected chi connectivity index (χ3v) is 2.99. The molecule has 1 saturated carbocycles. The Morgan fingerprint density at radius 3 is 2.64 bits per heavy atom. The van der Waals surface area contributed by atoms with Crippen LogP contribution in [0.4, 0.5) is 11.6 Å². The molecule has 1 aliphatic rings. The van der Waals surface area contributed by atoms with Crippen LogP contribution >= 0.6 is 23.2 Å². The summed E-state index contributed by atoms with van der Waals surface area (Å²) < 4.78 is 0. The number of halogens is 2. The Hall–Kier alpha value is -0.670. The Morgan fingerprint density at radius 2 is 2.07 bits per heavy atom. The number of nitrogens with zero attached hydrogens (tertiary/aromatic N) is 1. The van der Waals surface area contributed by atoms with Crippen LogP contribution < -0.4 is 11.1 Å². The third kappa shape index (κ3) is 1.88. The highest BCUT2D eigenvalue weighted by Crippen LogP contribution is 2.30. The average molecular weight is 232 g/mol. The lowest BCUT2D eigenvalue weighted by atomic mass is 9.93. The largest absolute Gasteiger partial charge is 0.382 e. The molecule has 0 spiro atoms. The highest BCUT2D eigenvalue weighted by atomic mass is 35.5. The zero-order valence-electron chi connectivity index (χ0n) is 7.56. The van der Waals surface area contributed by atoms with Crippen LogP contribution in [0, 0.1) is 0 Å². The van der Waals surface area contributed by atoms with Gasteiger partial charge < -0.3 is 11.1 Å². The van der Waals surface area contributed by atoms with Crippen molar-refractivity contribution in [3.63, 3.8) is 0 Å². The second-order valence-corrected chi connectivity index (χ2v) is 4.27. The first-order chi connectivity index (χ1) is 6.66. The van der Waals surface area contributed by atoms with E-state index in [1.807, 2.05) is 0 Å². The van der Waals surface area contributed by atoms with Crippen LogP contribution in [0.5, 0.6) is 0 Å². The van der Waals surface area contributed by atoms with E-state index in [2.05, 4.69) is 10.3 Å². The summed E-state index contributed by atoms with van der Waals surface area (Å²) in [6.07, 6.45) is 3.60. The summed E-state index contributed by atoms with van der Waals surface area (Å²) in [4.78, 5) is 4.10. The predicted molar refractivity (Wildman–Crippen MR) is 59.9 cm³/mol. The number of anilines is 2. The van der Waals surface area contributed by atoms with Gasteiger partial charge in [-0.3, -0.25) is 0 Å². The van der Waals surface area contributed by atoms with Gasteiger partial charge in [-0.05, 0) is 25.3 Å². The van der Waals surface area contributed by atoms with Crippen molar-refractivity contribution in [1.29, 1.82) is 0 Å². The Balaban J connectivity index is 2.19. The Labute approximate surface area is 92.6 Å². The smallest absolute Gasteiger partial charge is 0.147 e. The first kappa shape index (κ1) is 9.87. The Kier molecular flexibility index (Phi) is 2.70. The van der Waals surface area contributed by atoms with Crippen LogP contribution in [0.1, 0.15) is 19.3 Å². The summed E-state index contributed by atoms with van der Waals surface area (Å²) >= 11 is 11.7. The van der Waals surface area contributed by atoms with Crippen molar-refractivity contribution in [2.75, 3.05) is 11.1 Å². The lowest BCUT2D eigenvalue weighted by Crippen LogP contribution is -2.27. The van der Waals surface area contributed by atoms with Gasteiger partial charge in [-0.2, -0.15) is 0 Å². The Morgan fingerprint density at radius 1 is 1.36 bits per heavy atom. The van der Waals surface area contributed by atoms with E-state index in [1.165, 1.54) is 19.3 Å². The SMILES string of the molecule is Nc1nc(NC2CCC2)c(Cl)cc1Cl. The van der Waals surface area contributed by atoms with Crippen molar-refractivity contribution < 1.29 is 0 Å².